The first-order valence-electron chi connectivity index (χ1n) is 9.64. The second-order valence-corrected chi connectivity index (χ2v) is 7.29. The maximum absolute atomic E-state index is 12.1. The third-order valence-electron chi connectivity index (χ3n) is 4.12. The summed E-state index contributed by atoms with van der Waals surface area (Å²) in [6, 6.07) is 11.3. The molecule has 172 valence electrons. The van der Waals surface area contributed by atoms with E-state index in [0.717, 1.165) is 0 Å². The van der Waals surface area contributed by atoms with Gasteiger partial charge in [0.2, 0.25) is 0 Å². The van der Waals surface area contributed by atoms with Gasteiger partial charge in [0, 0.05) is 10.7 Å². The Balaban J connectivity index is 1.57. The van der Waals surface area contributed by atoms with Crippen LogP contribution in [0, 0.1) is 0 Å². The summed E-state index contributed by atoms with van der Waals surface area (Å²) in [7, 11) is 0. The van der Waals surface area contributed by atoms with Crippen LogP contribution in [0.4, 0.5) is 23.0 Å². The minimum atomic E-state index is -0.497. The number of ether oxygens (including phenoxy) is 2. The Kier molecular flexibility index (Phi) is 8.11. The number of carbonyl (C=O) groups excluding carboxylic acids is 2. The highest BCUT2D eigenvalue weighted by Gasteiger charge is 2.12. The molecule has 2 aromatic carbocycles. The molecular weight excluding hydrogens is 471 g/mol. The minimum Gasteiger partial charge on any atom is -0.482 e. The molecule has 10 nitrogen and oxygen atoms in total. The zero-order chi connectivity index (χ0) is 23.8. The van der Waals surface area contributed by atoms with Crippen LogP contribution in [0.2, 0.25) is 10.0 Å². The Labute approximate surface area is 199 Å². The summed E-state index contributed by atoms with van der Waals surface area (Å²) in [5, 5.41) is 3.77. The van der Waals surface area contributed by atoms with Crippen LogP contribution in [0.15, 0.2) is 48.8 Å². The van der Waals surface area contributed by atoms with Gasteiger partial charge in [-0.15, -0.1) is 0 Å². The van der Waals surface area contributed by atoms with Crippen LogP contribution in [0.3, 0.4) is 0 Å². The molecule has 0 atom stereocenters. The van der Waals surface area contributed by atoms with Gasteiger partial charge in [-0.25, -0.2) is 14.8 Å². The quantitative estimate of drug-likeness (QED) is 0.260. The summed E-state index contributed by atoms with van der Waals surface area (Å²) in [6.07, 6.45) is 1.27. The summed E-state index contributed by atoms with van der Waals surface area (Å²) in [5.74, 6) is -0.111. The number of benzene rings is 2. The number of nitrogens with one attached hydrogen (secondary N) is 3. The molecule has 1 aromatic heterocycles. The monoisotopic (exact) mass is 490 g/mol. The Hall–Kier alpha value is -3.76. The van der Waals surface area contributed by atoms with Gasteiger partial charge in [0.05, 0.1) is 17.2 Å². The molecule has 5 N–H and O–H groups in total. The van der Waals surface area contributed by atoms with E-state index in [2.05, 4.69) is 26.1 Å². The smallest absolute Gasteiger partial charge is 0.338 e. The van der Waals surface area contributed by atoms with Gasteiger partial charge in [0.1, 0.15) is 17.8 Å². The number of rotatable bonds is 9. The molecule has 0 saturated heterocycles. The van der Waals surface area contributed by atoms with E-state index in [1.54, 1.807) is 43.3 Å². The lowest BCUT2D eigenvalue weighted by Crippen LogP contribution is -2.34. The fraction of sp³-hybridized carbons (Fsp3) is 0.143. The molecule has 0 unspecified atom stereocenters. The van der Waals surface area contributed by atoms with E-state index in [9.17, 15) is 9.59 Å². The van der Waals surface area contributed by atoms with Gasteiger partial charge in [-0.2, -0.15) is 0 Å². The molecule has 3 aromatic rings. The second-order valence-electron chi connectivity index (χ2n) is 6.44. The third kappa shape index (κ3) is 6.61. The lowest BCUT2D eigenvalue weighted by atomic mass is 10.2. The predicted molar refractivity (Wildman–Crippen MR) is 126 cm³/mol. The van der Waals surface area contributed by atoms with Gasteiger partial charge in [-0.05, 0) is 49.4 Å². The highest BCUT2D eigenvalue weighted by Crippen LogP contribution is 2.28. The molecule has 1 amide bonds. The zero-order valence-corrected chi connectivity index (χ0v) is 18.9. The molecule has 0 radical (unpaired) electrons. The topological polar surface area (TPSA) is 140 Å². The molecule has 12 heteroatoms. The van der Waals surface area contributed by atoms with Crippen molar-refractivity contribution < 1.29 is 19.1 Å². The van der Waals surface area contributed by atoms with Gasteiger partial charge in [0.25, 0.3) is 5.91 Å². The fourth-order valence-corrected chi connectivity index (χ4v) is 3.00. The summed E-state index contributed by atoms with van der Waals surface area (Å²) < 4.78 is 10.3. The van der Waals surface area contributed by atoms with Crippen molar-refractivity contribution in [2.75, 3.05) is 29.7 Å². The number of carbonyl (C=O) groups is 2. The van der Waals surface area contributed by atoms with Crippen molar-refractivity contribution in [3.8, 4) is 5.75 Å². The number of hydrogen-bond acceptors (Lipinski definition) is 9. The first-order chi connectivity index (χ1) is 15.9. The molecule has 3 rings (SSSR count). The summed E-state index contributed by atoms with van der Waals surface area (Å²) in [5.41, 5.74) is 12.4. The van der Waals surface area contributed by atoms with E-state index in [-0.39, 0.29) is 23.1 Å². The Morgan fingerprint density at radius 3 is 2.48 bits per heavy atom. The number of nitrogens with two attached hydrogens (primary N) is 1. The lowest BCUT2D eigenvalue weighted by Gasteiger charge is -2.14. The standard InChI is InChI=1S/C21H20Cl2N6O4/c1-2-32-21(31)12-3-6-14(7-4-12)27-19-18(24)20(26-11-25-19)29-28-17(30)10-33-16-8-5-13(22)9-15(16)23/h3-9,11H,2,10,24H2,1H3,(H,28,30)(H2,25,26,27,29). The number of esters is 1. The molecule has 33 heavy (non-hydrogen) atoms. The second kappa shape index (κ2) is 11.2. The van der Waals surface area contributed by atoms with Crippen LogP contribution in [-0.2, 0) is 9.53 Å². The Morgan fingerprint density at radius 1 is 1.06 bits per heavy atom. The van der Waals surface area contributed by atoms with Crippen LogP contribution in [-0.4, -0.2) is 35.1 Å². The summed E-state index contributed by atoms with van der Waals surface area (Å²) in [4.78, 5) is 31.9. The highest BCUT2D eigenvalue weighted by atomic mass is 35.5. The Bertz CT molecular complexity index is 1140. The average Bonchev–Trinajstić information content (AvgIpc) is 2.79. The van der Waals surface area contributed by atoms with E-state index >= 15 is 0 Å². The van der Waals surface area contributed by atoms with Gasteiger partial charge in [-0.1, -0.05) is 23.2 Å². The molecule has 0 aliphatic rings. The first-order valence-corrected chi connectivity index (χ1v) is 10.4. The molecule has 0 aliphatic carbocycles. The van der Waals surface area contributed by atoms with Crippen molar-refractivity contribution >= 4 is 58.1 Å². The number of nitrogens with zero attached hydrogens (tertiary/aromatic N) is 2. The van der Waals surface area contributed by atoms with Crippen molar-refractivity contribution in [3.63, 3.8) is 0 Å². The molecule has 0 bridgehead atoms. The molecule has 0 saturated carbocycles. The van der Waals surface area contributed by atoms with Crippen molar-refractivity contribution in [1.29, 1.82) is 0 Å². The van der Waals surface area contributed by atoms with E-state index in [1.807, 2.05) is 0 Å². The lowest BCUT2D eigenvalue weighted by molar-refractivity contribution is -0.122. The van der Waals surface area contributed by atoms with Crippen LogP contribution < -0.4 is 26.6 Å². The minimum absolute atomic E-state index is 0.161. The van der Waals surface area contributed by atoms with Gasteiger partial charge >= 0.3 is 5.97 Å². The van der Waals surface area contributed by atoms with Crippen molar-refractivity contribution in [1.82, 2.24) is 15.4 Å². The van der Waals surface area contributed by atoms with Crippen LogP contribution in [0.5, 0.6) is 5.75 Å². The molecule has 0 fully saturated rings. The molecular formula is C21H20Cl2N6O4. The normalized spacial score (nSPS) is 10.3. The van der Waals surface area contributed by atoms with Crippen LogP contribution >= 0.6 is 23.2 Å². The number of aromatic nitrogens is 2. The van der Waals surface area contributed by atoms with E-state index in [4.69, 9.17) is 38.4 Å². The molecule has 1 heterocycles. The number of hydrogen-bond donors (Lipinski definition) is 4. The van der Waals surface area contributed by atoms with E-state index in [1.165, 1.54) is 12.4 Å². The average molecular weight is 491 g/mol. The van der Waals surface area contributed by atoms with Gasteiger partial charge in [-0.3, -0.25) is 15.6 Å². The number of hydrazine groups is 1. The zero-order valence-electron chi connectivity index (χ0n) is 17.4. The number of nitrogen functional groups attached to an aromatic ring is 1. The van der Waals surface area contributed by atoms with Gasteiger partial charge < -0.3 is 20.5 Å². The third-order valence-corrected chi connectivity index (χ3v) is 4.65. The van der Waals surface area contributed by atoms with E-state index in [0.29, 0.717) is 34.4 Å². The van der Waals surface area contributed by atoms with Crippen molar-refractivity contribution in [2.45, 2.75) is 6.92 Å². The SMILES string of the molecule is CCOC(=O)c1ccc(Nc2ncnc(NNC(=O)COc3ccc(Cl)cc3Cl)c2N)cc1. The number of halogens is 2. The molecule has 0 aliphatic heterocycles. The maximum atomic E-state index is 12.1. The number of anilines is 4. The van der Waals surface area contributed by atoms with Crippen LogP contribution in [0.1, 0.15) is 17.3 Å². The highest BCUT2D eigenvalue weighted by molar-refractivity contribution is 6.35. The predicted octanol–water partition coefficient (Wildman–Crippen LogP) is 3.81. The maximum Gasteiger partial charge on any atom is 0.338 e. The van der Waals surface area contributed by atoms with Crippen molar-refractivity contribution in [2.24, 2.45) is 0 Å². The van der Waals surface area contributed by atoms with Crippen LogP contribution in [0.25, 0.3) is 0 Å². The number of amides is 1. The van der Waals surface area contributed by atoms with Gasteiger partial charge in [0.15, 0.2) is 18.2 Å². The van der Waals surface area contributed by atoms with Crippen molar-refractivity contribution in [3.05, 3.63) is 64.4 Å². The summed E-state index contributed by atoms with van der Waals surface area (Å²) in [6.45, 7) is 1.73. The summed E-state index contributed by atoms with van der Waals surface area (Å²) >= 11 is 11.8. The molecule has 0 spiro atoms. The fourth-order valence-electron chi connectivity index (χ4n) is 2.54. The van der Waals surface area contributed by atoms with E-state index < -0.39 is 11.9 Å². The first kappa shape index (κ1) is 23.9. The largest absolute Gasteiger partial charge is 0.482 e. The Morgan fingerprint density at radius 2 is 1.79 bits per heavy atom.